The Morgan fingerprint density at radius 3 is 2.87 bits per heavy atom. The molecular formula is C15H19FN8O5S2. The zero-order valence-corrected chi connectivity index (χ0v) is 17.7. The molecule has 1 saturated heterocycles. The molecule has 3 aromatic heterocycles. The van der Waals surface area contributed by atoms with E-state index in [0.717, 1.165) is 10.2 Å². The smallest absolute Gasteiger partial charge is 0.333 e. The summed E-state index contributed by atoms with van der Waals surface area (Å²) in [7, 11) is -2.49. The maximum Gasteiger partial charge on any atom is 0.333 e. The SMILES string of the molecule is Cn1cc(CSc2nn([C@@H]3O[C@H](COS(N)(=O)=O)[C@@H](O)[C@@H]3F)c3ncnc(N)c23)cn1. The Bertz CT molecular complexity index is 1200. The van der Waals surface area contributed by atoms with Crippen molar-refractivity contribution in [1.82, 2.24) is 29.5 Å². The van der Waals surface area contributed by atoms with Crippen molar-refractivity contribution in [3.8, 4) is 0 Å². The number of nitrogen functional groups attached to an aromatic ring is 1. The molecule has 31 heavy (non-hydrogen) atoms. The van der Waals surface area contributed by atoms with Crippen molar-refractivity contribution in [2.75, 3.05) is 12.3 Å². The first-order chi connectivity index (χ1) is 14.6. The van der Waals surface area contributed by atoms with Crippen molar-refractivity contribution < 1.29 is 26.8 Å². The van der Waals surface area contributed by atoms with E-state index < -0.39 is 41.5 Å². The van der Waals surface area contributed by atoms with Crippen LogP contribution in [0, 0.1) is 0 Å². The predicted octanol–water partition coefficient (Wildman–Crippen LogP) is -0.749. The van der Waals surface area contributed by atoms with E-state index in [9.17, 15) is 17.9 Å². The van der Waals surface area contributed by atoms with Crippen molar-refractivity contribution in [2.24, 2.45) is 12.2 Å². The van der Waals surface area contributed by atoms with Crippen LogP contribution in [-0.4, -0.2) is 68.0 Å². The molecule has 16 heteroatoms. The number of aliphatic hydroxyl groups is 1. The Balaban J connectivity index is 1.63. The molecule has 1 fully saturated rings. The summed E-state index contributed by atoms with van der Waals surface area (Å²) in [6, 6.07) is 0. The van der Waals surface area contributed by atoms with E-state index in [1.54, 1.807) is 17.9 Å². The van der Waals surface area contributed by atoms with Crippen LogP contribution in [0.5, 0.6) is 0 Å². The Kier molecular flexibility index (Phi) is 5.84. The summed E-state index contributed by atoms with van der Waals surface area (Å²) in [6.45, 7) is -0.657. The van der Waals surface area contributed by atoms with Gasteiger partial charge in [0.15, 0.2) is 18.0 Å². The molecule has 3 aromatic rings. The Morgan fingerprint density at radius 2 is 2.19 bits per heavy atom. The lowest BCUT2D eigenvalue weighted by atomic mass is 10.1. The first-order valence-corrected chi connectivity index (χ1v) is 11.3. The van der Waals surface area contributed by atoms with Crippen LogP contribution in [0.1, 0.15) is 11.8 Å². The second-order valence-corrected chi connectivity index (χ2v) is 8.98. The summed E-state index contributed by atoms with van der Waals surface area (Å²) in [4.78, 5) is 8.11. The maximum absolute atomic E-state index is 14.9. The second kappa shape index (κ2) is 8.29. The number of anilines is 1. The van der Waals surface area contributed by atoms with Gasteiger partial charge in [0.25, 0.3) is 0 Å². The molecule has 4 atom stereocenters. The van der Waals surface area contributed by atoms with Gasteiger partial charge in [0.05, 0.1) is 18.2 Å². The number of nitrogens with zero attached hydrogens (tertiary/aromatic N) is 6. The molecule has 0 amide bonds. The molecule has 1 aliphatic heterocycles. The highest BCUT2D eigenvalue weighted by Gasteiger charge is 2.47. The molecule has 0 saturated carbocycles. The molecule has 1 aliphatic rings. The van der Waals surface area contributed by atoms with Gasteiger partial charge in [0, 0.05) is 24.6 Å². The molecule has 0 bridgehead atoms. The number of halogens is 1. The van der Waals surface area contributed by atoms with Crippen LogP contribution in [0.25, 0.3) is 11.0 Å². The maximum atomic E-state index is 14.9. The fourth-order valence-electron chi connectivity index (χ4n) is 3.14. The molecule has 0 unspecified atom stereocenters. The van der Waals surface area contributed by atoms with Gasteiger partial charge in [-0.1, -0.05) is 11.8 Å². The number of nitrogens with two attached hydrogens (primary N) is 2. The molecular weight excluding hydrogens is 455 g/mol. The van der Waals surface area contributed by atoms with Gasteiger partial charge < -0.3 is 15.6 Å². The van der Waals surface area contributed by atoms with E-state index in [1.807, 2.05) is 6.20 Å². The predicted molar refractivity (Wildman–Crippen MR) is 106 cm³/mol. The zero-order valence-electron chi connectivity index (χ0n) is 16.1. The van der Waals surface area contributed by atoms with E-state index in [-0.39, 0.29) is 11.5 Å². The summed E-state index contributed by atoms with van der Waals surface area (Å²) in [5.74, 6) is 0.653. The lowest BCUT2D eigenvalue weighted by Gasteiger charge is -2.14. The summed E-state index contributed by atoms with van der Waals surface area (Å²) in [5.41, 5.74) is 7.14. The van der Waals surface area contributed by atoms with Crippen molar-refractivity contribution in [1.29, 1.82) is 0 Å². The molecule has 5 N–H and O–H groups in total. The van der Waals surface area contributed by atoms with Crippen molar-refractivity contribution in [3.63, 3.8) is 0 Å². The average molecular weight is 475 g/mol. The average Bonchev–Trinajstić information content (AvgIpc) is 3.36. The number of fused-ring (bicyclic) bond motifs is 1. The minimum Gasteiger partial charge on any atom is -0.387 e. The molecule has 0 aliphatic carbocycles. The third kappa shape index (κ3) is 4.48. The summed E-state index contributed by atoms with van der Waals surface area (Å²) in [5, 5.41) is 24.3. The number of rotatable bonds is 7. The van der Waals surface area contributed by atoms with E-state index in [2.05, 4.69) is 24.3 Å². The first kappa shape index (κ1) is 21.8. The van der Waals surface area contributed by atoms with E-state index in [1.165, 1.54) is 18.1 Å². The fraction of sp³-hybridized carbons (Fsp3) is 0.467. The number of thioether (sulfide) groups is 1. The number of hydrogen-bond acceptors (Lipinski definition) is 11. The van der Waals surface area contributed by atoms with Crippen LogP contribution in [0.4, 0.5) is 10.2 Å². The van der Waals surface area contributed by atoms with Gasteiger partial charge in [-0.25, -0.2) is 24.2 Å². The Morgan fingerprint density at radius 1 is 1.42 bits per heavy atom. The van der Waals surface area contributed by atoms with Crippen LogP contribution < -0.4 is 10.9 Å². The largest absolute Gasteiger partial charge is 0.387 e. The first-order valence-electron chi connectivity index (χ1n) is 8.88. The Labute approximate surface area is 179 Å². The fourth-order valence-corrected chi connectivity index (χ4v) is 4.40. The molecule has 13 nitrogen and oxygen atoms in total. The van der Waals surface area contributed by atoms with Gasteiger partial charge in [-0.15, -0.1) is 0 Å². The van der Waals surface area contributed by atoms with Crippen LogP contribution in [-0.2, 0) is 32.0 Å². The molecule has 4 heterocycles. The van der Waals surface area contributed by atoms with Crippen molar-refractivity contribution in [3.05, 3.63) is 24.3 Å². The number of ether oxygens (including phenoxy) is 1. The van der Waals surface area contributed by atoms with Gasteiger partial charge in [0.1, 0.15) is 29.4 Å². The van der Waals surface area contributed by atoms with Crippen molar-refractivity contribution in [2.45, 2.75) is 35.4 Å². The molecule has 4 rings (SSSR count). The van der Waals surface area contributed by atoms with Gasteiger partial charge >= 0.3 is 10.3 Å². The van der Waals surface area contributed by atoms with E-state index in [4.69, 9.17) is 15.6 Å². The van der Waals surface area contributed by atoms with Gasteiger partial charge in [-0.2, -0.15) is 18.6 Å². The number of alkyl halides is 1. The minimum absolute atomic E-state index is 0.146. The van der Waals surface area contributed by atoms with E-state index >= 15 is 0 Å². The third-order valence-electron chi connectivity index (χ3n) is 4.55. The van der Waals surface area contributed by atoms with Crippen LogP contribution >= 0.6 is 11.8 Å². The lowest BCUT2D eigenvalue weighted by molar-refractivity contribution is -0.0456. The molecule has 0 aromatic carbocycles. The van der Waals surface area contributed by atoms with Crippen molar-refractivity contribution >= 4 is 38.9 Å². The number of hydrogen-bond donors (Lipinski definition) is 3. The quantitative estimate of drug-likeness (QED) is 0.366. The van der Waals surface area contributed by atoms with E-state index in [0.29, 0.717) is 16.2 Å². The second-order valence-electron chi connectivity index (χ2n) is 6.80. The highest BCUT2D eigenvalue weighted by atomic mass is 32.2. The highest BCUT2D eigenvalue weighted by molar-refractivity contribution is 7.98. The topological polar surface area (TPSA) is 186 Å². The Hall–Kier alpha value is -2.37. The number of aliphatic hydroxyl groups excluding tert-OH is 1. The summed E-state index contributed by atoms with van der Waals surface area (Å²) in [6.07, 6.45) is -1.55. The standard InChI is InChI=1S/C15H19FN8O5S2/c1-23-3-7(2-21-23)5-30-14-9-12(17)19-6-20-13(9)24(22-14)15-10(16)11(25)8(29-15)4-28-31(18,26)27/h2-3,6,8,10-11,15,25H,4-5H2,1H3,(H2,17,19,20)(H2,18,26,27)/t8-,10+,11-,15-/m1/s1. The lowest BCUT2D eigenvalue weighted by Crippen LogP contribution is -2.33. The summed E-state index contributed by atoms with van der Waals surface area (Å²) < 4.78 is 49.6. The zero-order chi connectivity index (χ0) is 22.3. The number of aromatic nitrogens is 6. The van der Waals surface area contributed by atoms with Gasteiger partial charge in [0.2, 0.25) is 0 Å². The normalized spacial score (nSPS) is 24.3. The van der Waals surface area contributed by atoms with Crippen LogP contribution in [0.15, 0.2) is 23.7 Å². The van der Waals surface area contributed by atoms with Crippen LogP contribution in [0.2, 0.25) is 0 Å². The molecule has 0 spiro atoms. The monoisotopic (exact) mass is 474 g/mol. The third-order valence-corrected chi connectivity index (χ3v) is 6.05. The summed E-state index contributed by atoms with van der Waals surface area (Å²) >= 11 is 1.32. The minimum atomic E-state index is -4.29. The number of aryl methyl sites for hydroxylation is 1. The highest BCUT2D eigenvalue weighted by Crippen LogP contribution is 2.38. The molecule has 0 radical (unpaired) electrons. The van der Waals surface area contributed by atoms with Gasteiger partial charge in [-0.3, -0.25) is 8.86 Å². The molecule has 168 valence electrons. The van der Waals surface area contributed by atoms with Gasteiger partial charge in [-0.05, 0) is 0 Å². The van der Waals surface area contributed by atoms with Crippen LogP contribution in [0.3, 0.4) is 0 Å².